The van der Waals surface area contributed by atoms with E-state index in [4.69, 9.17) is 0 Å². The van der Waals surface area contributed by atoms with Crippen molar-refractivity contribution in [2.45, 2.75) is 6.18 Å². The second-order valence-electron chi connectivity index (χ2n) is 1.59. The third kappa shape index (κ3) is 2.71. The molecule has 11 heavy (non-hydrogen) atoms. The van der Waals surface area contributed by atoms with Gasteiger partial charge in [-0.25, -0.2) is 9.97 Å². The van der Waals surface area contributed by atoms with Crippen LogP contribution in [0.5, 0.6) is 0 Å². The molecule has 0 aromatic carbocycles. The molecule has 0 saturated heterocycles. The van der Waals surface area contributed by atoms with E-state index in [1.54, 1.807) is 0 Å². The van der Waals surface area contributed by atoms with Crippen LogP contribution in [0.25, 0.3) is 0 Å². The fraction of sp³-hybridized carbons (Fsp3) is 0.200. The van der Waals surface area contributed by atoms with Crippen molar-refractivity contribution in [3.05, 3.63) is 24.3 Å². The highest BCUT2D eigenvalue weighted by molar-refractivity contribution is 5.85. The number of hydrogen-bond donors (Lipinski definition) is 0. The van der Waals surface area contributed by atoms with Crippen LogP contribution in [-0.2, 0) is 6.18 Å². The van der Waals surface area contributed by atoms with E-state index in [0.717, 1.165) is 18.6 Å². The molecule has 0 aliphatic heterocycles. The molecule has 0 amide bonds. The van der Waals surface area contributed by atoms with Gasteiger partial charge in [0.2, 0.25) is 0 Å². The van der Waals surface area contributed by atoms with Crippen molar-refractivity contribution in [2.24, 2.45) is 0 Å². The van der Waals surface area contributed by atoms with Crippen LogP contribution in [0.2, 0.25) is 0 Å². The maximum Gasteiger partial charge on any atom is 0.433 e. The fourth-order valence-electron chi connectivity index (χ4n) is 0.458. The zero-order chi connectivity index (χ0) is 7.61. The van der Waals surface area contributed by atoms with Crippen LogP contribution >= 0.6 is 12.4 Å². The van der Waals surface area contributed by atoms with E-state index in [-0.39, 0.29) is 12.4 Å². The van der Waals surface area contributed by atoms with Crippen LogP contribution in [0.3, 0.4) is 0 Å². The fourth-order valence-corrected chi connectivity index (χ4v) is 0.458. The quantitative estimate of drug-likeness (QED) is 0.616. The highest BCUT2D eigenvalue weighted by Crippen LogP contribution is 2.26. The molecule has 0 saturated carbocycles. The molecule has 2 nitrogen and oxygen atoms in total. The molecule has 1 heterocycles. The van der Waals surface area contributed by atoms with Gasteiger partial charge in [0.15, 0.2) is 0 Å². The first-order chi connectivity index (χ1) is 4.61. The van der Waals surface area contributed by atoms with Gasteiger partial charge in [-0.1, -0.05) is 0 Å². The van der Waals surface area contributed by atoms with E-state index in [0.29, 0.717) is 0 Å². The molecule has 1 aromatic heterocycles. The minimum atomic E-state index is -4.36. The van der Waals surface area contributed by atoms with Gasteiger partial charge in [-0.2, -0.15) is 13.2 Å². The molecule has 0 aliphatic carbocycles. The van der Waals surface area contributed by atoms with Crippen molar-refractivity contribution in [3.8, 4) is 0 Å². The average Bonchev–Trinajstić information content (AvgIpc) is 1.88. The van der Waals surface area contributed by atoms with E-state index in [9.17, 15) is 13.2 Å². The Hall–Kier alpha value is -0.840. The predicted octanol–water partition coefficient (Wildman–Crippen LogP) is 1.92. The second-order valence-corrected chi connectivity index (χ2v) is 1.59. The summed E-state index contributed by atoms with van der Waals surface area (Å²) in [5, 5.41) is 0. The lowest BCUT2D eigenvalue weighted by molar-refractivity contribution is -0.141. The van der Waals surface area contributed by atoms with Gasteiger partial charge < -0.3 is 0 Å². The number of halogens is 4. The molecule has 1 rings (SSSR count). The molecule has 0 fully saturated rings. The smallest absolute Gasteiger partial charge is 0.245 e. The lowest BCUT2D eigenvalue weighted by atomic mass is 10.4. The number of rotatable bonds is 0. The van der Waals surface area contributed by atoms with Crippen LogP contribution in [0.4, 0.5) is 13.2 Å². The normalized spacial score (nSPS) is 10.5. The maximum atomic E-state index is 11.7. The van der Waals surface area contributed by atoms with Gasteiger partial charge in [-0.15, -0.1) is 12.4 Å². The molecule has 0 bridgehead atoms. The Bertz CT molecular complexity index is 211. The molecule has 0 radical (unpaired) electrons. The van der Waals surface area contributed by atoms with Crippen molar-refractivity contribution in [1.82, 2.24) is 9.97 Å². The van der Waals surface area contributed by atoms with Gasteiger partial charge >= 0.3 is 6.18 Å². The van der Waals surface area contributed by atoms with Gasteiger partial charge in [0.25, 0.3) is 0 Å². The zero-order valence-electron chi connectivity index (χ0n) is 5.17. The third-order valence-electron chi connectivity index (χ3n) is 0.872. The molecule has 6 heteroatoms. The van der Waals surface area contributed by atoms with Crippen LogP contribution in [0.1, 0.15) is 5.69 Å². The molecule has 62 valence electrons. The molecular weight excluding hydrogens is 181 g/mol. The number of nitrogens with zero attached hydrogens (tertiary/aromatic N) is 2. The average molecular weight is 185 g/mol. The maximum absolute atomic E-state index is 11.7. The second kappa shape index (κ2) is 3.52. The standard InChI is InChI=1S/C5H3F3N2.ClH/c6-5(7,8)4-1-2-9-3-10-4;/h1-3H;1H. The van der Waals surface area contributed by atoms with Crippen molar-refractivity contribution in [3.63, 3.8) is 0 Å². The number of alkyl halides is 3. The van der Waals surface area contributed by atoms with Gasteiger partial charge in [0, 0.05) is 6.20 Å². The summed E-state index contributed by atoms with van der Waals surface area (Å²) in [6.07, 6.45) is -2.44. The van der Waals surface area contributed by atoms with E-state index in [1.165, 1.54) is 0 Å². The Balaban J connectivity index is 0.000001000. The summed E-state index contributed by atoms with van der Waals surface area (Å²) in [5.74, 6) is 0. The van der Waals surface area contributed by atoms with Gasteiger partial charge in [-0.05, 0) is 6.07 Å². The Morgan fingerprint density at radius 1 is 1.27 bits per heavy atom. The third-order valence-corrected chi connectivity index (χ3v) is 0.872. The highest BCUT2D eigenvalue weighted by Gasteiger charge is 2.31. The van der Waals surface area contributed by atoms with Gasteiger partial charge in [0.1, 0.15) is 12.0 Å². The molecule has 0 atom stereocenters. The van der Waals surface area contributed by atoms with Gasteiger partial charge in [0.05, 0.1) is 0 Å². The summed E-state index contributed by atoms with van der Waals surface area (Å²) in [7, 11) is 0. The Kier molecular flexibility index (Phi) is 3.25. The van der Waals surface area contributed by atoms with Crippen molar-refractivity contribution in [2.75, 3.05) is 0 Å². The first-order valence-corrected chi connectivity index (χ1v) is 2.44. The van der Waals surface area contributed by atoms with Crippen molar-refractivity contribution in [1.29, 1.82) is 0 Å². The first-order valence-electron chi connectivity index (χ1n) is 2.44. The molecule has 0 spiro atoms. The summed E-state index contributed by atoms with van der Waals surface area (Å²) in [5.41, 5.74) is -0.914. The van der Waals surface area contributed by atoms with E-state index < -0.39 is 11.9 Å². The van der Waals surface area contributed by atoms with E-state index in [1.807, 2.05) is 0 Å². The molecule has 0 aliphatic rings. The van der Waals surface area contributed by atoms with Crippen LogP contribution < -0.4 is 0 Å². The first kappa shape index (κ1) is 10.2. The van der Waals surface area contributed by atoms with Crippen LogP contribution in [0, 0.1) is 0 Å². The summed E-state index contributed by atoms with van der Waals surface area (Å²) < 4.78 is 35.1. The molecule has 0 unspecified atom stereocenters. The minimum Gasteiger partial charge on any atom is -0.245 e. The summed E-state index contributed by atoms with van der Waals surface area (Å²) >= 11 is 0. The minimum absolute atomic E-state index is 0. The lowest BCUT2D eigenvalue weighted by Crippen LogP contribution is -2.07. The number of hydrogen-bond acceptors (Lipinski definition) is 2. The lowest BCUT2D eigenvalue weighted by Gasteiger charge is -2.02. The molecule has 0 N–H and O–H groups in total. The molecular formula is C5H4ClF3N2. The zero-order valence-corrected chi connectivity index (χ0v) is 5.99. The van der Waals surface area contributed by atoms with Gasteiger partial charge in [-0.3, -0.25) is 0 Å². The summed E-state index contributed by atoms with van der Waals surface area (Å²) in [6, 6.07) is 0.819. The SMILES string of the molecule is Cl.FC(F)(F)c1ccncn1. The largest absolute Gasteiger partial charge is 0.433 e. The van der Waals surface area contributed by atoms with E-state index >= 15 is 0 Å². The van der Waals surface area contributed by atoms with Crippen molar-refractivity contribution < 1.29 is 13.2 Å². The topological polar surface area (TPSA) is 25.8 Å². The van der Waals surface area contributed by atoms with E-state index in [2.05, 4.69) is 9.97 Å². The Morgan fingerprint density at radius 3 is 2.18 bits per heavy atom. The summed E-state index contributed by atoms with van der Waals surface area (Å²) in [4.78, 5) is 6.36. The number of aromatic nitrogens is 2. The monoisotopic (exact) mass is 184 g/mol. The highest BCUT2D eigenvalue weighted by atomic mass is 35.5. The van der Waals surface area contributed by atoms with Crippen LogP contribution in [-0.4, -0.2) is 9.97 Å². The molecule has 1 aromatic rings. The predicted molar refractivity (Wildman–Crippen MR) is 34.3 cm³/mol. The Labute approximate surface area is 66.9 Å². The Morgan fingerprint density at radius 2 is 1.91 bits per heavy atom. The summed E-state index contributed by atoms with van der Waals surface area (Å²) in [6.45, 7) is 0. The van der Waals surface area contributed by atoms with Crippen LogP contribution in [0.15, 0.2) is 18.6 Å². The van der Waals surface area contributed by atoms with Crippen molar-refractivity contribution >= 4 is 12.4 Å².